The Hall–Kier alpha value is -1.95. The monoisotopic (exact) mass is 289 g/mol. The van der Waals surface area contributed by atoms with E-state index >= 15 is 0 Å². The molecule has 2 bridgehead atoms. The number of hydrogen-bond donors (Lipinski definition) is 0. The van der Waals surface area contributed by atoms with E-state index in [-0.39, 0.29) is 5.69 Å². The van der Waals surface area contributed by atoms with Gasteiger partial charge in [-0.1, -0.05) is 0 Å². The first-order valence-corrected chi connectivity index (χ1v) is 7.30. The van der Waals surface area contributed by atoms with Crippen molar-refractivity contribution < 1.29 is 9.72 Å². The standard InChI is InChI=1S/C15H19N3O3/c1-16-12-2-3-14(16)9-17(7-6-12)15-5-4-13(18(20)21)8-11(15)10-19/h4-5,8,10,12,14H,2-3,6-7,9H2,1H3. The number of nitro benzene ring substituents is 1. The molecule has 2 unspecified atom stereocenters. The van der Waals surface area contributed by atoms with Gasteiger partial charge >= 0.3 is 0 Å². The Kier molecular flexibility index (Phi) is 3.63. The minimum absolute atomic E-state index is 0.0330. The van der Waals surface area contributed by atoms with Gasteiger partial charge in [-0.05, 0) is 32.4 Å². The van der Waals surface area contributed by atoms with Crippen LogP contribution in [0.1, 0.15) is 29.6 Å². The van der Waals surface area contributed by atoms with Gasteiger partial charge in [0.1, 0.15) is 0 Å². The lowest BCUT2D eigenvalue weighted by atomic mass is 10.1. The zero-order chi connectivity index (χ0) is 15.0. The average Bonchev–Trinajstić information content (AvgIpc) is 2.71. The van der Waals surface area contributed by atoms with Crippen molar-refractivity contribution in [2.75, 3.05) is 25.0 Å². The molecule has 0 aromatic heterocycles. The summed E-state index contributed by atoms with van der Waals surface area (Å²) < 4.78 is 0. The van der Waals surface area contributed by atoms with Gasteiger partial charge in [0, 0.05) is 48.6 Å². The highest BCUT2D eigenvalue weighted by Crippen LogP contribution is 2.32. The van der Waals surface area contributed by atoms with Crippen LogP contribution >= 0.6 is 0 Å². The van der Waals surface area contributed by atoms with Crippen LogP contribution in [0, 0.1) is 10.1 Å². The normalized spacial score (nSPS) is 25.7. The molecule has 0 aliphatic carbocycles. The van der Waals surface area contributed by atoms with Crippen LogP contribution < -0.4 is 4.90 Å². The highest BCUT2D eigenvalue weighted by Gasteiger charge is 2.35. The van der Waals surface area contributed by atoms with Crippen LogP contribution in [0.4, 0.5) is 11.4 Å². The molecular formula is C15H19N3O3. The lowest BCUT2D eigenvalue weighted by Gasteiger charge is -2.28. The summed E-state index contributed by atoms with van der Waals surface area (Å²) in [4.78, 5) is 26.3. The van der Waals surface area contributed by atoms with Gasteiger partial charge in [-0.3, -0.25) is 19.8 Å². The number of non-ortho nitro benzene ring substituents is 1. The van der Waals surface area contributed by atoms with Gasteiger partial charge in [0.05, 0.1) is 4.92 Å². The molecule has 2 atom stereocenters. The van der Waals surface area contributed by atoms with Crippen molar-refractivity contribution in [1.82, 2.24) is 4.90 Å². The van der Waals surface area contributed by atoms with E-state index in [9.17, 15) is 14.9 Å². The van der Waals surface area contributed by atoms with Gasteiger partial charge in [0.2, 0.25) is 0 Å². The molecule has 0 N–H and O–H groups in total. The summed E-state index contributed by atoms with van der Waals surface area (Å²) in [6, 6.07) is 5.69. The summed E-state index contributed by atoms with van der Waals surface area (Å²) in [6.07, 6.45) is 4.22. The smallest absolute Gasteiger partial charge is 0.270 e. The molecule has 112 valence electrons. The second kappa shape index (κ2) is 5.44. The van der Waals surface area contributed by atoms with Crippen LogP contribution in [-0.4, -0.2) is 48.3 Å². The molecular weight excluding hydrogens is 270 g/mol. The van der Waals surface area contributed by atoms with Crippen LogP contribution in [-0.2, 0) is 0 Å². The van der Waals surface area contributed by atoms with Crippen LogP contribution in [0.3, 0.4) is 0 Å². The number of rotatable bonds is 3. The minimum Gasteiger partial charge on any atom is -0.369 e. The van der Waals surface area contributed by atoms with E-state index in [1.807, 2.05) is 0 Å². The van der Waals surface area contributed by atoms with Crippen molar-refractivity contribution in [2.45, 2.75) is 31.3 Å². The highest BCUT2D eigenvalue weighted by atomic mass is 16.6. The van der Waals surface area contributed by atoms with Crippen molar-refractivity contribution in [2.24, 2.45) is 0 Å². The van der Waals surface area contributed by atoms with Gasteiger partial charge in [0.15, 0.2) is 6.29 Å². The zero-order valence-electron chi connectivity index (χ0n) is 12.1. The van der Waals surface area contributed by atoms with Gasteiger partial charge in [-0.2, -0.15) is 0 Å². The lowest BCUT2D eigenvalue weighted by molar-refractivity contribution is -0.384. The van der Waals surface area contributed by atoms with E-state index < -0.39 is 4.92 Å². The Labute approximate surface area is 123 Å². The zero-order valence-corrected chi connectivity index (χ0v) is 12.1. The largest absolute Gasteiger partial charge is 0.369 e. The number of carbonyl (C=O) groups excluding carboxylic acids is 1. The second-order valence-corrected chi connectivity index (χ2v) is 5.90. The first kappa shape index (κ1) is 14.0. The number of hydrogen-bond acceptors (Lipinski definition) is 5. The predicted octanol–water partition coefficient (Wildman–Crippen LogP) is 2.08. The van der Waals surface area contributed by atoms with Crippen LogP contribution in [0.5, 0.6) is 0 Å². The van der Waals surface area contributed by atoms with E-state index in [1.165, 1.54) is 25.0 Å². The molecule has 2 heterocycles. The molecule has 21 heavy (non-hydrogen) atoms. The summed E-state index contributed by atoms with van der Waals surface area (Å²) in [5.74, 6) is 0. The third-order valence-electron chi connectivity index (χ3n) is 4.84. The Balaban J connectivity index is 1.89. The number of anilines is 1. The Morgan fingerprint density at radius 3 is 2.76 bits per heavy atom. The molecule has 2 fully saturated rings. The summed E-state index contributed by atoms with van der Waals surface area (Å²) in [6.45, 7) is 1.77. The van der Waals surface area contributed by atoms with E-state index in [0.717, 1.165) is 31.5 Å². The average molecular weight is 289 g/mol. The molecule has 0 amide bonds. The van der Waals surface area contributed by atoms with Gasteiger partial charge in [0.25, 0.3) is 5.69 Å². The number of nitrogens with zero attached hydrogens (tertiary/aromatic N) is 3. The fourth-order valence-corrected chi connectivity index (χ4v) is 3.57. The Bertz CT molecular complexity index is 575. The maximum atomic E-state index is 11.3. The van der Waals surface area contributed by atoms with E-state index in [4.69, 9.17) is 0 Å². The second-order valence-electron chi connectivity index (χ2n) is 5.90. The quantitative estimate of drug-likeness (QED) is 0.484. The number of nitro groups is 1. The molecule has 2 aliphatic rings. The van der Waals surface area contributed by atoms with Gasteiger partial charge < -0.3 is 4.90 Å². The van der Waals surface area contributed by atoms with Gasteiger partial charge in [-0.15, -0.1) is 0 Å². The van der Waals surface area contributed by atoms with Crippen LogP contribution in [0.25, 0.3) is 0 Å². The van der Waals surface area contributed by atoms with E-state index in [2.05, 4.69) is 16.8 Å². The molecule has 0 radical (unpaired) electrons. The highest BCUT2D eigenvalue weighted by molar-refractivity contribution is 5.86. The maximum absolute atomic E-state index is 11.3. The summed E-state index contributed by atoms with van der Waals surface area (Å²) in [5, 5.41) is 10.8. The van der Waals surface area contributed by atoms with E-state index in [1.54, 1.807) is 6.07 Å². The van der Waals surface area contributed by atoms with E-state index in [0.29, 0.717) is 17.6 Å². The third kappa shape index (κ3) is 2.51. The Morgan fingerprint density at radius 1 is 1.29 bits per heavy atom. The third-order valence-corrected chi connectivity index (χ3v) is 4.84. The lowest BCUT2D eigenvalue weighted by Crippen LogP contribution is -2.37. The number of fused-ring (bicyclic) bond motifs is 2. The molecule has 1 aromatic rings. The predicted molar refractivity (Wildman–Crippen MR) is 79.9 cm³/mol. The van der Waals surface area contributed by atoms with Crippen molar-refractivity contribution in [3.63, 3.8) is 0 Å². The molecule has 0 spiro atoms. The first-order chi connectivity index (χ1) is 10.1. The topological polar surface area (TPSA) is 66.7 Å². The van der Waals surface area contributed by atoms with Crippen molar-refractivity contribution in [3.8, 4) is 0 Å². The van der Waals surface area contributed by atoms with Crippen molar-refractivity contribution >= 4 is 17.7 Å². The van der Waals surface area contributed by atoms with Crippen molar-refractivity contribution in [3.05, 3.63) is 33.9 Å². The minimum atomic E-state index is -0.463. The number of likely N-dealkylation sites (N-methyl/N-ethyl adjacent to an activating group) is 1. The summed E-state index contributed by atoms with van der Waals surface area (Å²) in [5.41, 5.74) is 1.19. The fraction of sp³-hybridized carbons (Fsp3) is 0.533. The SMILES string of the molecule is CN1C2CCC1CN(c1ccc([N+](=O)[O-])cc1C=O)CC2. The van der Waals surface area contributed by atoms with Crippen LogP contribution in [0.2, 0.25) is 0 Å². The number of carbonyl (C=O) groups is 1. The summed E-state index contributed by atoms with van der Waals surface area (Å²) in [7, 11) is 2.17. The molecule has 1 aromatic carbocycles. The molecule has 2 aliphatic heterocycles. The molecule has 0 saturated carbocycles. The molecule has 6 nitrogen and oxygen atoms in total. The number of benzene rings is 1. The van der Waals surface area contributed by atoms with Crippen molar-refractivity contribution in [1.29, 1.82) is 0 Å². The molecule has 6 heteroatoms. The Morgan fingerprint density at radius 2 is 2.05 bits per heavy atom. The maximum Gasteiger partial charge on any atom is 0.270 e. The number of aldehydes is 1. The molecule has 3 rings (SSSR count). The fourth-order valence-electron chi connectivity index (χ4n) is 3.57. The summed E-state index contributed by atoms with van der Waals surface area (Å²) >= 11 is 0. The van der Waals surface area contributed by atoms with Gasteiger partial charge in [-0.25, -0.2) is 0 Å². The first-order valence-electron chi connectivity index (χ1n) is 7.30. The molecule has 2 saturated heterocycles. The van der Waals surface area contributed by atoms with Crippen LogP contribution in [0.15, 0.2) is 18.2 Å².